The maximum Gasteiger partial charge on any atom is 0.234 e. The van der Waals surface area contributed by atoms with Crippen LogP contribution in [0.5, 0.6) is 0 Å². The second-order valence-electron chi connectivity index (χ2n) is 7.36. The summed E-state index contributed by atoms with van der Waals surface area (Å²) in [6.07, 6.45) is 0.0261. The summed E-state index contributed by atoms with van der Waals surface area (Å²) in [7, 11) is 0. The van der Waals surface area contributed by atoms with E-state index in [0.29, 0.717) is 13.2 Å². The van der Waals surface area contributed by atoms with Gasteiger partial charge in [-0.25, -0.2) is 0 Å². The number of carbonyl (C=O) groups excluding carboxylic acids is 1. The molecular formula is C24H26N2O2. The van der Waals surface area contributed by atoms with Crippen molar-refractivity contribution in [1.82, 2.24) is 10.2 Å². The van der Waals surface area contributed by atoms with Crippen LogP contribution in [0.3, 0.4) is 0 Å². The third-order valence-corrected chi connectivity index (χ3v) is 5.36. The van der Waals surface area contributed by atoms with Crippen molar-refractivity contribution in [1.29, 1.82) is 0 Å². The Hall–Kier alpha value is -2.69. The number of benzene rings is 3. The molecule has 0 saturated carbocycles. The van der Waals surface area contributed by atoms with Gasteiger partial charge in [0, 0.05) is 13.1 Å². The van der Waals surface area contributed by atoms with Gasteiger partial charge in [-0.2, -0.15) is 0 Å². The maximum absolute atomic E-state index is 12.7. The number of morpholine rings is 1. The van der Waals surface area contributed by atoms with E-state index in [-0.39, 0.29) is 18.1 Å². The fourth-order valence-electron chi connectivity index (χ4n) is 3.91. The molecule has 1 fully saturated rings. The Morgan fingerprint density at radius 3 is 2.68 bits per heavy atom. The molecule has 0 aromatic heterocycles. The quantitative estimate of drug-likeness (QED) is 0.731. The lowest BCUT2D eigenvalue weighted by Gasteiger charge is -2.33. The molecule has 1 heterocycles. The summed E-state index contributed by atoms with van der Waals surface area (Å²) in [5.41, 5.74) is 2.31. The highest BCUT2D eigenvalue weighted by molar-refractivity contribution is 5.87. The highest BCUT2D eigenvalue weighted by Crippen LogP contribution is 2.24. The Labute approximate surface area is 166 Å². The first-order valence-electron chi connectivity index (χ1n) is 9.86. The standard InChI is InChI=1S/C24H26N2O2/c1-18(21-13-7-11-19-8-5-6-12-22(19)21)25-24(27)17-26-14-15-28-23(16-26)20-9-3-2-4-10-20/h2-13,18,23H,14-17H2,1H3,(H,25,27). The van der Waals surface area contributed by atoms with Crippen molar-refractivity contribution in [2.45, 2.75) is 19.1 Å². The summed E-state index contributed by atoms with van der Waals surface area (Å²) in [6.45, 7) is 4.60. The molecule has 2 unspecified atom stereocenters. The molecule has 0 bridgehead atoms. The third-order valence-electron chi connectivity index (χ3n) is 5.36. The van der Waals surface area contributed by atoms with Gasteiger partial charge < -0.3 is 10.1 Å². The summed E-state index contributed by atoms with van der Waals surface area (Å²) >= 11 is 0. The molecule has 1 aliphatic rings. The smallest absolute Gasteiger partial charge is 0.234 e. The average Bonchev–Trinajstić information content (AvgIpc) is 2.74. The van der Waals surface area contributed by atoms with Gasteiger partial charge in [-0.3, -0.25) is 9.69 Å². The SMILES string of the molecule is CC(NC(=O)CN1CCOC(c2ccccc2)C1)c1cccc2ccccc12. The minimum atomic E-state index is -0.0374. The molecule has 0 radical (unpaired) electrons. The zero-order valence-electron chi connectivity index (χ0n) is 16.2. The molecule has 3 aromatic rings. The normalized spacial score (nSPS) is 18.7. The molecule has 0 spiro atoms. The van der Waals surface area contributed by atoms with E-state index in [1.807, 2.05) is 43.3 Å². The number of nitrogens with one attached hydrogen (secondary N) is 1. The van der Waals surface area contributed by atoms with Crippen molar-refractivity contribution < 1.29 is 9.53 Å². The highest BCUT2D eigenvalue weighted by Gasteiger charge is 2.24. The zero-order chi connectivity index (χ0) is 19.3. The summed E-state index contributed by atoms with van der Waals surface area (Å²) < 4.78 is 5.90. The van der Waals surface area contributed by atoms with Crippen LogP contribution in [0.1, 0.15) is 30.2 Å². The number of hydrogen-bond donors (Lipinski definition) is 1. The Morgan fingerprint density at radius 2 is 1.82 bits per heavy atom. The molecular weight excluding hydrogens is 348 g/mol. The molecule has 4 nitrogen and oxygen atoms in total. The van der Waals surface area contributed by atoms with Gasteiger partial charge in [-0.05, 0) is 28.8 Å². The Balaban J connectivity index is 1.38. The lowest BCUT2D eigenvalue weighted by Crippen LogP contribution is -2.44. The van der Waals surface area contributed by atoms with E-state index in [0.717, 1.165) is 24.2 Å². The molecule has 144 valence electrons. The first kappa shape index (κ1) is 18.7. The predicted molar refractivity (Wildman–Crippen MR) is 112 cm³/mol. The number of rotatable bonds is 5. The minimum absolute atomic E-state index is 0.0261. The monoisotopic (exact) mass is 374 g/mol. The Kier molecular flexibility index (Phi) is 5.70. The molecule has 4 heteroatoms. The molecule has 0 aliphatic carbocycles. The summed E-state index contributed by atoms with van der Waals surface area (Å²) in [5.74, 6) is 0.0501. The van der Waals surface area contributed by atoms with Crippen LogP contribution in [0.25, 0.3) is 10.8 Å². The van der Waals surface area contributed by atoms with E-state index in [1.54, 1.807) is 0 Å². The number of nitrogens with zero attached hydrogens (tertiary/aromatic N) is 1. The molecule has 1 amide bonds. The van der Waals surface area contributed by atoms with Crippen LogP contribution in [0.15, 0.2) is 72.8 Å². The van der Waals surface area contributed by atoms with Crippen LogP contribution in [0, 0.1) is 0 Å². The van der Waals surface area contributed by atoms with Crippen molar-refractivity contribution in [3.8, 4) is 0 Å². The summed E-state index contributed by atoms with van der Waals surface area (Å²) in [4.78, 5) is 14.9. The van der Waals surface area contributed by atoms with E-state index in [1.165, 1.54) is 10.8 Å². The van der Waals surface area contributed by atoms with Crippen molar-refractivity contribution in [2.24, 2.45) is 0 Å². The number of amides is 1. The molecule has 28 heavy (non-hydrogen) atoms. The van der Waals surface area contributed by atoms with Gasteiger partial charge >= 0.3 is 0 Å². The van der Waals surface area contributed by atoms with E-state index in [4.69, 9.17) is 4.74 Å². The van der Waals surface area contributed by atoms with Gasteiger partial charge in [0.15, 0.2) is 0 Å². The summed E-state index contributed by atoms with van der Waals surface area (Å²) in [6, 6.07) is 24.7. The second kappa shape index (κ2) is 8.55. The van der Waals surface area contributed by atoms with E-state index >= 15 is 0 Å². The molecule has 4 rings (SSSR count). The maximum atomic E-state index is 12.7. The van der Waals surface area contributed by atoms with Gasteiger partial charge in [-0.15, -0.1) is 0 Å². The third kappa shape index (κ3) is 4.24. The van der Waals surface area contributed by atoms with Crippen LogP contribution in [0.2, 0.25) is 0 Å². The summed E-state index contributed by atoms with van der Waals surface area (Å²) in [5, 5.41) is 5.55. The van der Waals surface area contributed by atoms with E-state index in [9.17, 15) is 4.79 Å². The molecule has 1 aliphatic heterocycles. The van der Waals surface area contributed by atoms with Gasteiger partial charge in [0.2, 0.25) is 5.91 Å². The first-order chi connectivity index (χ1) is 13.7. The predicted octanol–water partition coefficient (Wildman–Crippen LogP) is 4.09. The van der Waals surface area contributed by atoms with Gasteiger partial charge in [-0.1, -0.05) is 72.8 Å². The molecule has 1 saturated heterocycles. The van der Waals surface area contributed by atoms with Crippen molar-refractivity contribution >= 4 is 16.7 Å². The largest absolute Gasteiger partial charge is 0.371 e. The van der Waals surface area contributed by atoms with Gasteiger partial charge in [0.1, 0.15) is 0 Å². The lowest BCUT2D eigenvalue weighted by atomic mass is 10.00. The van der Waals surface area contributed by atoms with E-state index < -0.39 is 0 Å². The van der Waals surface area contributed by atoms with Gasteiger partial charge in [0.25, 0.3) is 0 Å². The van der Waals surface area contributed by atoms with Crippen molar-refractivity contribution in [2.75, 3.05) is 26.2 Å². The van der Waals surface area contributed by atoms with Crippen LogP contribution >= 0.6 is 0 Å². The fourth-order valence-corrected chi connectivity index (χ4v) is 3.91. The zero-order valence-corrected chi connectivity index (χ0v) is 16.2. The molecule has 1 N–H and O–H groups in total. The topological polar surface area (TPSA) is 41.6 Å². The number of fused-ring (bicyclic) bond motifs is 1. The lowest BCUT2D eigenvalue weighted by molar-refractivity contribution is -0.125. The van der Waals surface area contributed by atoms with Crippen LogP contribution in [-0.4, -0.2) is 37.0 Å². The fraction of sp³-hybridized carbons (Fsp3) is 0.292. The highest BCUT2D eigenvalue weighted by atomic mass is 16.5. The average molecular weight is 374 g/mol. The van der Waals surface area contributed by atoms with Crippen LogP contribution in [0.4, 0.5) is 0 Å². The van der Waals surface area contributed by atoms with Crippen LogP contribution in [-0.2, 0) is 9.53 Å². The molecule has 2 atom stereocenters. The number of carbonyl (C=O) groups is 1. The van der Waals surface area contributed by atoms with Crippen LogP contribution < -0.4 is 5.32 Å². The van der Waals surface area contributed by atoms with Crippen molar-refractivity contribution in [3.05, 3.63) is 83.9 Å². The number of ether oxygens (including phenoxy) is 1. The Morgan fingerprint density at radius 1 is 1.07 bits per heavy atom. The minimum Gasteiger partial charge on any atom is -0.371 e. The number of hydrogen-bond acceptors (Lipinski definition) is 3. The molecule has 3 aromatic carbocycles. The van der Waals surface area contributed by atoms with E-state index in [2.05, 4.69) is 46.6 Å². The van der Waals surface area contributed by atoms with Crippen molar-refractivity contribution in [3.63, 3.8) is 0 Å². The Bertz CT molecular complexity index is 936. The second-order valence-corrected chi connectivity index (χ2v) is 7.36. The van der Waals surface area contributed by atoms with Gasteiger partial charge in [0.05, 0.1) is 25.3 Å². The first-order valence-corrected chi connectivity index (χ1v) is 9.86.